The van der Waals surface area contributed by atoms with E-state index >= 15 is 0 Å². The molecule has 0 spiro atoms. The van der Waals surface area contributed by atoms with Gasteiger partial charge in [0.2, 0.25) is 0 Å². The molecule has 1 aliphatic heterocycles. The van der Waals surface area contributed by atoms with E-state index in [9.17, 15) is 0 Å². The summed E-state index contributed by atoms with van der Waals surface area (Å²) in [4.78, 5) is 0. The van der Waals surface area contributed by atoms with Gasteiger partial charge in [-0.05, 0) is 12.5 Å². The highest BCUT2D eigenvalue weighted by atomic mass is 35.5. The Labute approximate surface area is 106 Å². The summed E-state index contributed by atoms with van der Waals surface area (Å²) in [6.45, 7) is 3.66. The van der Waals surface area contributed by atoms with Crippen LogP contribution in [0.5, 0.6) is 0 Å². The molecule has 1 aromatic carbocycles. The standard InChI is InChI=1S/C12H15Cl2NO/c1-2-8-7-16-11(6-15-8)9-4-3-5-10(13)12(9)14/h3-5,8,11,15H,2,6-7H2,1H3. The van der Waals surface area contributed by atoms with Crippen LogP contribution >= 0.6 is 23.2 Å². The molecule has 1 aromatic rings. The van der Waals surface area contributed by atoms with E-state index < -0.39 is 0 Å². The molecule has 2 nitrogen and oxygen atoms in total. The van der Waals surface area contributed by atoms with Crippen LogP contribution in [-0.2, 0) is 4.74 Å². The first-order valence-electron chi connectivity index (χ1n) is 5.51. The van der Waals surface area contributed by atoms with Crippen molar-refractivity contribution < 1.29 is 4.74 Å². The zero-order valence-electron chi connectivity index (χ0n) is 9.17. The summed E-state index contributed by atoms with van der Waals surface area (Å²) in [5.41, 5.74) is 0.969. The molecule has 0 radical (unpaired) electrons. The average Bonchev–Trinajstić information content (AvgIpc) is 2.33. The quantitative estimate of drug-likeness (QED) is 0.879. The monoisotopic (exact) mass is 259 g/mol. The molecule has 1 heterocycles. The van der Waals surface area contributed by atoms with Crippen LogP contribution < -0.4 is 5.32 Å². The molecule has 0 saturated carbocycles. The van der Waals surface area contributed by atoms with Crippen LogP contribution in [0.1, 0.15) is 25.0 Å². The number of halogens is 2. The van der Waals surface area contributed by atoms with Crippen molar-refractivity contribution in [3.05, 3.63) is 33.8 Å². The maximum Gasteiger partial charge on any atom is 0.0964 e. The first-order valence-corrected chi connectivity index (χ1v) is 6.27. The minimum atomic E-state index is 0.00833. The Morgan fingerprint density at radius 2 is 2.25 bits per heavy atom. The van der Waals surface area contributed by atoms with Crippen LogP contribution in [0.2, 0.25) is 10.0 Å². The summed E-state index contributed by atoms with van der Waals surface area (Å²) in [5, 5.41) is 4.62. The Bertz CT molecular complexity index is 362. The lowest BCUT2D eigenvalue weighted by atomic mass is 10.1. The van der Waals surface area contributed by atoms with Crippen molar-refractivity contribution in [2.45, 2.75) is 25.5 Å². The zero-order chi connectivity index (χ0) is 11.5. The van der Waals surface area contributed by atoms with Crippen LogP contribution in [0, 0.1) is 0 Å². The summed E-state index contributed by atoms with van der Waals surface area (Å²) in [5.74, 6) is 0. The normalized spacial score (nSPS) is 25.7. The van der Waals surface area contributed by atoms with Gasteiger partial charge in [-0.25, -0.2) is 0 Å². The topological polar surface area (TPSA) is 21.3 Å². The van der Waals surface area contributed by atoms with Crippen LogP contribution in [0.3, 0.4) is 0 Å². The van der Waals surface area contributed by atoms with Gasteiger partial charge in [-0.1, -0.05) is 42.3 Å². The SMILES string of the molecule is CCC1COC(c2cccc(Cl)c2Cl)CN1. The second kappa shape index (κ2) is 5.37. The molecule has 16 heavy (non-hydrogen) atoms. The molecule has 0 amide bonds. The summed E-state index contributed by atoms with van der Waals surface area (Å²) in [6, 6.07) is 6.11. The Kier molecular flexibility index (Phi) is 4.09. The fourth-order valence-corrected chi connectivity index (χ4v) is 2.28. The third kappa shape index (κ3) is 2.51. The molecule has 0 bridgehead atoms. The van der Waals surface area contributed by atoms with Gasteiger partial charge in [0.1, 0.15) is 0 Å². The minimum Gasteiger partial charge on any atom is -0.371 e. The number of morpholine rings is 1. The summed E-state index contributed by atoms with van der Waals surface area (Å²) < 4.78 is 5.80. The lowest BCUT2D eigenvalue weighted by molar-refractivity contribution is 0.00229. The van der Waals surface area contributed by atoms with E-state index in [4.69, 9.17) is 27.9 Å². The predicted octanol–water partition coefficient (Wildman–Crippen LogP) is 3.43. The third-order valence-electron chi connectivity index (χ3n) is 2.91. The molecular weight excluding hydrogens is 245 g/mol. The van der Waals surface area contributed by atoms with Crippen molar-refractivity contribution in [1.82, 2.24) is 5.32 Å². The summed E-state index contributed by atoms with van der Waals surface area (Å²) >= 11 is 12.1. The van der Waals surface area contributed by atoms with E-state index in [1.54, 1.807) is 6.07 Å². The van der Waals surface area contributed by atoms with E-state index in [2.05, 4.69) is 12.2 Å². The highest BCUT2D eigenvalue weighted by molar-refractivity contribution is 6.42. The Morgan fingerprint density at radius 1 is 1.44 bits per heavy atom. The number of hydrogen-bond donors (Lipinski definition) is 1. The molecule has 4 heteroatoms. The molecule has 1 aliphatic rings. The lowest BCUT2D eigenvalue weighted by Gasteiger charge is -2.30. The smallest absolute Gasteiger partial charge is 0.0964 e. The highest BCUT2D eigenvalue weighted by Gasteiger charge is 2.23. The molecular formula is C12H15Cl2NO. The van der Waals surface area contributed by atoms with E-state index in [1.807, 2.05) is 12.1 Å². The van der Waals surface area contributed by atoms with Crippen molar-refractivity contribution in [3.63, 3.8) is 0 Å². The van der Waals surface area contributed by atoms with E-state index in [0.29, 0.717) is 16.1 Å². The molecule has 2 unspecified atom stereocenters. The van der Waals surface area contributed by atoms with Crippen LogP contribution in [0.15, 0.2) is 18.2 Å². The third-order valence-corrected chi connectivity index (χ3v) is 3.75. The molecule has 0 aliphatic carbocycles. The van der Waals surface area contributed by atoms with Crippen molar-refractivity contribution in [2.75, 3.05) is 13.2 Å². The van der Waals surface area contributed by atoms with E-state index in [0.717, 1.165) is 25.1 Å². The number of nitrogens with one attached hydrogen (secondary N) is 1. The maximum atomic E-state index is 6.16. The average molecular weight is 260 g/mol. The van der Waals surface area contributed by atoms with Gasteiger partial charge in [-0.2, -0.15) is 0 Å². The number of ether oxygens (including phenoxy) is 1. The molecule has 2 atom stereocenters. The van der Waals surface area contributed by atoms with Crippen molar-refractivity contribution in [3.8, 4) is 0 Å². The van der Waals surface area contributed by atoms with Crippen molar-refractivity contribution in [1.29, 1.82) is 0 Å². The van der Waals surface area contributed by atoms with Gasteiger partial charge in [0.15, 0.2) is 0 Å². The first kappa shape index (κ1) is 12.2. The second-order valence-electron chi connectivity index (χ2n) is 3.98. The minimum absolute atomic E-state index is 0.00833. The molecule has 1 saturated heterocycles. The Morgan fingerprint density at radius 3 is 2.88 bits per heavy atom. The molecule has 1 N–H and O–H groups in total. The van der Waals surface area contributed by atoms with Gasteiger partial charge in [-0.3, -0.25) is 0 Å². The van der Waals surface area contributed by atoms with Crippen LogP contribution in [0.25, 0.3) is 0 Å². The first-order chi connectivity index (χ1) is 7.72. The van der Waals surface area contributed by atoms with E-state index in [-0.39, 0.29) is 6.10 Å². The van der Waals surface area contributed by atoms with Gasteiger partial charge >= 0.3 is 0 Å². The molecule has 0 aromatic heterocycles. The summed E-state index contributed by atoms with van der Waals surface area (Å²) in [6.07, 6.45) is 1.09. The lowest BCUT2D eigenvalue weighted by Crippen LogP contribution is -2.42. The van der Waals surface area contributed by atoms with E-state index in [1.165, 1.54) is 0 Å². The van der Waals surface area contributed by atoms with Gasteiger partial charge in [0, 0.05) is 18.2 Å². The zero-order valence-corrected chi connectivity index (χ0v) is 10.7. The molecule has 1 fully saturated rings. The van der Waals surface area contributed by atoms with Crippen molar-refractivity contribution in [2.24, 2.45) is 0 Å². The summed E-state index contributed by atoms with van der Waals surface area (Å²) in [7, 11) is 0. The van der Waals surface area contributed by atoms with Gasteiger partial charge in [-0.15, -0.1) is 0 Å². The Hall–Kier alpha value is -0.280. The second-order valence-corrected chi connectivity index (χ2v) is 4.76. The van der Waals surface area contributed by atoms with Crippen LogP contribution in [-0.4, -0.2) is 19.2 Å². The highest BCUT2D eigenvalue weighted by Crippen LogP contribution is 2.32. The Balaban J connectivity index is 2.11. The largest absolute Gasteiger partial charge is 0.371 e. The molecule has 88 valence electrons. The fourth-order valence-electron chi connectivity index (χ4n) is 1.85. The number of rotatable bonds is 2. The fraction of sp³-hybridized carbons (Fsp3) is 0.500. The predicted molar refractivity (Wildman–Crippen MR) is 67.2 cm³/mol. The number of benzene rings is 1. The van der Waals surface area contributed by atoms with Crippen molar-refractivity contribution >= 4 is 23.2 Å². The molecule has 2 rings (SSSR count). The van der Waals surface area contributed by atoms with Crippen LogP contribution in [0.4, 0.5) is 0 Å². The maximum absolute atomic E-state index is 6.16. The van der Waals surface area contributed by atoms with Gasteiger partial charge in [0.05, 0.1) is 22.8 Å². The van der Waals surface area contributed by atoms with Gasteiger partial charge in [0.25, 0.3) is 0 Å². The van der Waals surface area contributed by atoms with Gasteiger partial charge < -0.3 is 10.1 Å². The number of hydrogen-bond acceptors (Lipinski definition) is 2.